The number of nitrogens with one attached hydrogen (secondary N) is 1. The number of hydrogen-bond donors (Lipinski definition) is 2. The molecule has 2 atom stereocenters. The van der Waals surface area contributed by atoms with Crippen LogP contribution < -0.4 is 10.1 Å². The number of rotatable bonds is 3. The Balaban J connectivity index is 2.07. The molecule has 0 radical (unpaired) electrons. The number of aliphatic hydroxyl groups excluding tert-OH is 1. The summed E-state index contributed by atoms with van der Waals surface area (Å²) in [5, 5.41) is 12.6. The van der Waals surface area contributed by atoms with Gasteiger partial charge < -0.3 is 15.2 Å². The predicted octanol–water partition coefficient (Wildman–Crippen LogP) is 2.10. The Kier molecular flexibility index (Phi) is 3.87. The summed E-state index contributed by atoms with van der Waals surface area (Å²) in [6.07, 6.45) is 1.91. The molecule has 0 bridgehead atoms. The van der Waals surface area contributed by atoms with E-state index in [1.54, 1.807) is 7.11 Å². The number of aryl methyl sites for hydroxylation is 1. The van der Waals surface area contributed by atoms with Crippen molar-refractivity contribution in [1.29, 1.82) is 0 Å². The Bertz CT molecular complexity index is 445. The molecule has 1 aromatic carbocycles. The van der Waals surface area contributed by atoms with Crippen LogP contribution in [0.2, 0.25) is 0 Å². The van der Waals surface area contributed by atoms with Crippen molar-refractivity contribution in [1.82, 2.24) is 0 Å². The SMILES string of the molecule is COc1ccc(NC(=O)C2CCCC2O)c(C)c1. The minimum atomic E-state index is -0.497. The minimum absolute atomic E-state index is 0.0896. The molecule has 0 saturated heterocycles. The van der Waals surface area contributed by atoms with E-state index in [9.17, 15) is 9.90 Å². The molecule has 0 aromatic heterocycles. The summed E-state index contributed by atoms with van der Waals surface area (Å²) in [5.74, 6) is 0.408. The van der Waals surface area contributed by atoms with Gasteiger partial charge in [0.2, 0.25) is 5.91 Å². The molecule has 2 N–H and O–H groups in total. The van der Waals surface area contributed by atoms with Gasteiger partial charge in [0.05, 0.1) is 19.1 Å². The van der Waals surface area contributed by atoms with Gasteiger partial charge in [-0.3, -0.25) is 4.79 Å². The standard InChI is InChI=1S/C14H19NO3/c1-9-8-10(18-2)6-7-12(9)15-14(17)11-4-3-5-13(11)16/h6-8,11,13,16H,3-5H2,1-2H3,(H,15,17). The van der Waals surface area contributed by atoms with Crippen LogP contribution in [0.5, 0.6) is 5.75 Å². The molecule has 1 aliphatic carbocycles. The lowest BCUT2D eigenvalue weighted by Crippen LogP contribution is -2.28. The lowest BCUT2D eigenvalue weighted by molar-refractivity contribution is -0.122. The maximum absolute atomic E-state index is 12.0. The molecule has 4 heteroatoms. The van der Waals surface area contributed by atoms with Gasteiger partial charge >= 0.3 is 0 Å². The second-order valence-corrected chi connectivity index (χ2v) is 4.77. The van der Waals surface area contributed by atoms with Crippen molar-refractivity contribution in [3.63, 3.8) is 0 Å². The summed E-state index contributed by atoms with van der Waals surface area (Å²) < 4.78 is 5.12. The molecule has 2 unspecified atom stereocenters. The van der Waals surface area contributed by atoms with Crippen LogP contribution in [0.15, 0.2) is 18.2 Å². The number of anilines is 1. The molecule has 1 saturated carbocycles. The van der Waals surface area contributed by atoms with Crippen molar-refractivity contribution in [2.45, 2.75) is 32.3 Å². The number of hydrogen-bond acceptors (Lipinski definition) is 3. The molecule has 0 spiro atoms. The summed E-state index contributed by atoms with van der Waals surface area (Å²) in [4.78, 5) is 12.0. The lowest BCUT2D eigenvalue weighted by atomic mass is 10.0. The first-order valence-electron chi connectivity index (χ1n) is 6.25. The van der Waals surface area contributed by atoms with E-state index in [0.29, 0.717) is 0 Å². The van der Waals surface area contributed by atoms with E-state index < -0.39 is 6.10 Å². The van der Waals surface area contributed by atoms with Gasteiger partial charge in [-0.25, -0.2) is 0 Å². The maximum Gasteiger partial charge on any atom is 0.230 e. The molecular weight excluding hydrogens is 230 g/mol. The van der Waals surface area contributed by atoms with E-state index in [0.717, 1.165) is 36.3 Å². The zero-order valence-corrected chi connectivity index (χ0v) is 10.8. The van der Waals surface area contributed by atoms with Crippen LogP contribution in [0, 0.1) is 12.8 Å². The minimum Gasteiger partial charge on any atom is -0.497 e. The number of ether oxygens (including phenoxy) is 1. The average molecular weight is 249 g/mol. The number of benzene rings is 1. The smallest absolute Gasteiger partial charge is 0.230 e. The quantitative estimate of drug-likeness (QED) is 0.862. The third-order valence-corrected chi connectivity index (χ3v) is 3.51. The zero-order valence-electron chi connectivity index (χ0n) is 10.8. The zero-order chi connectivity index (χ0) is 13.1. The third kappa shape index (κ3) is 2.64. The molecule has 1 aromatic rings. The van der Waals surface area contributed by atoms with Crippen LogP contribution in [0.25, 0.3) is 0 Å². The second kappa shape index (κ2) is 5.40. The summed E-state index contributed by atoms with van der Waals surface area (Å²) in [7, 11) is 1.61. The van der Waals surface area contributed by atoms with Gasteiger partial charge in [-0.15, -0.1) is 0 Å². The van der Waals surface area contributed by atoms with Crippen LogP contribution in [0.4, 0.5) is 5.69 Å². The molecule has 0 aliphatic heterocycles. The highest BCUT2D eigenvalue weighted by atomic mass is 16.5. The van der Waals surface area contributed by atoms with Crippen LogP contribution in [-0.2, 0) is 4.79 Å². The van der Waals surface area contributed by atoms with Gasteiger partial charge in [0.15, 0.2) is 0 Å². The molecule has 1 amide bonds. The number of carbonyl (C=O) groups excluding carboxylic acids is 1. The van der Waals surface area contributed by atoms with Crippen LogP contribution in [0.1, 0.15) is 24.8 Å². The number of amides is 1. The largest absolute Gasteiger partial charge is 0.497 e. The topological polar surface area (TPSA) is 58.6 Å². The van der Waals surface area contributed by atoms with Crippen molar-refractivity contribution in [3.05, 3.63) is 23.8 Å². The molecule has 2 rings (SSSR count). The van der Waals surface area contributed by atoms with Gasteiger partial charge in [0.1, 0.15) is 5.75 Å². The van der Waals surface area contributed by atoms with E-state index in [2.05, 4.69) is 5.32 Å². The molecule has 98 valence electrons. The molecule has 0 heterocycles. The summed E-state index contributed by atoms with van der Waals surface area (Å²) in [6.45, 7) is 1.92. The molecule has 4 nitrogen and oxygen atoms in total. The van der Waals surface area contributed by atoms with E-state index >= 15 is 0 Å². The molecule has 1 fully saturated rings. The van der Waals surface area contributed by atoms with Gasteiger partial charge in [-0.1, -0.05) is 0 Å². The normalized spacial score (nSPS) is 22.8. The highest BCUT2D eigenvalue weighted by molar-refractivity contribution is 5.93. The van der Waals surface area contributed by atoms with E-state index in [-0.39, 0.29) is 11.8 Å². The van der Waals surface area contributed by atoms with Gasteiger partial charge in [0, 0.05) is 5.69 Å². The number of carbonyl (C=O) groups is 1. The van der Waals surface area contributed by atoms with Gasteiger partial charge in [-0.05, 0) is 49.9 Å². The Hall–Kier alpha value is -1.55. The van der Waals surface area contributed by atoms with Crippen molar-refractivity contribution in [2.24, 2.45) is 5.92 Å². The highest BCUT2D eigenvalue weighted by Crippen LogP contribution is 2.28. The van der Waals surface area contributed by atoms with Crippen molar-refractivity contribution in [3.8, 4) is 5.75 Å². The first-order valence-corrected chi connectivity index (χ1v) is 6.25. The van der Waals surface area contributed by atoms with E-state index in [1.807, 2.05) is 25.1 Å². The third-order valence-electron chi connectivity index (χ3n) is 3.51. The first-order chi connectivity index (χ1) is 8.61. The Morgan fingerprint density at radius 1 is 1.44 bits per heavy atom. The fraction of sp³-hybridized carbons (Fsp3) is 0.500. The van der Waals surface area contributed by atoms with Crippen molar-refractivity contribution in [2.75, 3.05) is 12.4 Å². The summed E-state index contributed by atoms with van der Waals surface area (Å²) in [5.41, 5.74) is 1.73. The maximum atomic E-state index is 12.0. The van der Waals surface area contributed by atoms with Crippen LogP contribution >= 0.6 is 0 Å². The monoisotopic (exact) mass is 249 g/mol. The van der Waals surface area contributed by atoms with Crippen LogP contribution in [-0.4, -0.2) is 24.2 Å². The highest BCUT2D eigenvalue weighted by Gasteiger charge is 2.31. The fourth-order valence-electron chi connectivity index (χ4n) is 2.38. The Labute approximate surface area is 107 Å². The predicted molar refractivity (Wildman–Crippen MR) is 69.7 cm³/mol. The number of aliphatic hydroxyl groups is 1. The molecular formula is C14H19NO3. The van der Waals surface area contributed by atoms with Gasteiger partial charge in [0.25, 0.3) is 0 Å². The van der Waals surface area contributed by atoms with Gasteiger partial charge in [-0.2, -0.15) is 0 Å². The Morgan fingerprint density at radius 2 is 2.22 bits per heavy atom. The van der Waals surface area contributed by atoms with E-state index in [1.165, 1.54) is 0 Å². The average Bonchev–Trinajstić information content (AvgIpc) is 2.78. The van der Waals surface area contributed by atoms with Crippen molar-refractivity contribution >= 4 is 11.6 Å². The fourth-order valence-corrected chi connectivity index (χ4v) is 2.38. The van der Waals surface area contributed by atoms with Crippen molar-refractivity contribution < 1.29 is 14.6 Å². The Morgan fingerprint density at radius 3 is 2.78 bits per heavy atom. The summed E-state index contributed by atoms with van der Waals surface area (Å²) in [6, 6.07) is 5.52. The summed E-state index contributed by atoms with van der Waals surface area (Å²) >= 11 is 0. The first kappa shape index (κ1) is 12.9. The molecule has 1 aliphatic rings. The number of methoxy groups -OCH3 is 1. The van der Waals surface area contributed by atoms with Crippen LogP contribution in [0.3, 0.4) is 0 Å². The van der Waals surface area contributed by atoms with E-state index in [4.69, 9.17) is 4.74 Å². The lowest BCUT2D eigenvalue weighted by Gasteiger charge is -2.16. The molecule has 18 heavy (non-hydrogen) atoms. The second-order valence-electron chi connectivity index (χ2n) is 4.77.